The number of alkyl halides is 1. The maximum atomic E-state index is 5.99. The molecule has 19 heavy (non-hydrogen) atoms. The van der Waals surface area contributed by atoms with E-state index in [2.05, 4.69) is 22.6 Å². The second-order valence-corrected chi connectivity index (χ2v) is 5.26. The summed E-state index contributed by atoms with van der Waals surface area (Å²) in [4.78, 5) is 0. The zero-order valence-electron chi connectivity index (χ0n) is 11.7. The Morgan fingerprint density at radius 3 is 2.11 bits per heavy atom. The lowest BCUT2D eigenvalue weighted by molar-refractivity contribution is -0.108. The van der Waals surface area contributed by atoms with Gasteiger partial charge in [0.25, 0.3) is 0 Å². The van der Waals surface area contributed by atoms with Gasteiger partial charge in [-0.3, -0.25) is 0 Å². The van der Waals surface area contributed by atoms with E-state index in [0.29, 0.717) is 39.6 Å². The van der Waals surface area contributed by atoms with E-state index in [4.69, 9.17) is 23.7 Å². The van der Waals surface area contributed by atoms with Crippen LogP contribution in [0.1, 0.15) is 12.8 Å². The summed E-state index contributed by atoms with van der Waals surface area (Å²) in [6.45, 7) is 5.32. The first kappa shape index (κ1) is 17.6. The van der Waals surface area contributed by atoms with E-state index in [1.165, 1.54) is 0 Å². The van der Waals surface area contributed by atoms with E-state index in [-0.39, 0.29) is 5.60 Å². The average Bonchev–Trinajstić information content (AvgIpc) is 2.46. The molecule has 0 saturated carbocycles. The lowest BCUT2D eigenvalue weighted by atomic mass is 9.97. The van der Waals surface area contributed by atoms with Crippen LogP contribution in [0.5, 0.6) is 0 Å². The van der Waals surface area contributed by atoms with Crippen molar-refractivity contribution in [2.24, 2.45) is 0 Å². The van der Waals surface area contributed by atoms with Crippen LogP contribution in [-0.4, -0.2) is 70.0 Å². The highest BCUT2D eigenvalue weighted by atomic mass is 127. The van der Waals surface area contributed by atoms with Crippen molar-refractivity contribution in [2.75, 3.05) is 64.4 Å². The quantitative estimate of drug-likeness (QED) is 0.306. The summed E-state index contributed by atoms with van der Waals surface area (Å²) in [7, 11) is 1.66. The molecule has 1 aliphatic rings. The minimum atomic E-state index is -0.00284. The van der Waals surface area contributed by atoms with Crippen molar-refractivity contribution in [3.63, 3.8) is 0 Å². The van der Waals surface area contributed by atoms with Crippen molar-refractivity contribution in [3.05, 3.63) is 0 Å². The van der Waals surface area contributed by atoms with Crippen molar-refractivity contribution in [2.45, 2.75) is 18.4 Å². The van der Waals surface area contributed by atoms with Crippen molar-refractivity contribution in [1.82, 2.24) is 0 Å². The fraction of sp³-hybridized carbons (Fsp3) is 1.00. The highest BCUT2D eigenvalue weighted by Crippen LogP contribution is 2.27. The smallest absolute Gasteiger partial charge is 0.0816 e. The highest BCUT2D eigenvalue weighted by Gasteiger charge is 2.32. The summed E-state index contributed by atoms with van der Waals surface area (Å²) in [6, 6.07) is 0. The first-order chi connectivity index (χ1) is 9.33. The SMILES string of the molecule is COCCOCCOCCOC1(CI)CCOCC1. The maximum Gasteiger partial charge on any atom is 0.0816 e. The monoisotopic (exact) mass is 388 g/mol. The molecule has 6 heteroatoms. The third kappa shape index (κ3) is 7.77. The van der Waals surface area contributed by atoms with Gasteiger partial charge in [0.2, 0.25) is 0 Å². The van der Waals surface area contributed by atoms with Crippen molar-refractivity contribution < 1.29 is 23.7 Å². The van der Waals surface area contributed by atoms with E-state index >= 15 is 0 Å². The van der Waals surface area contributed by atoms with Gasteiger partial charge in [-0.2, -0.15) is 0 Å². The van der Waals surface area contributed by atoms with Gasteiger partial charge in [-0.1, -0.05) is 22.6 Å². The number of halogens is 1. The fourth-order valence-electron chi connectivity index (χ4n) is 1.84. The molecule has 0 N–H and O–H groups in total. The van der Waals surface area contributed by atoms with E-state index in [1.807, 2.05) is 0 Å². The molecule has 0 spiro atoms. The van der Waals surface area contributed by atoms with Crippen LogP contribution in [0.3, 0.4) is 0 Å². The minimum absolute atomic E-state index is 0.00284. The molecule has 0 aromatic carbocycles. The maximum absolute atomic E-state index is 5.99. The summed E-state index contributed by atoms with van der Waals surface area (Å²) in [5.74, 6) is 0. The third-order valence-electron chi connectivity index (χ3n) is 3.09. The Balaban J connectivity index is 1.94. The van der Waals surface area contributed by atoms with Crippen LogP contribution < -0.4 is 0 Å². The van der Waals surface area contributed by atoms with E-state index < -0.39 is 0 Å². The standard InChI is InChI=1S/C13H25IO5/c1-15-6-7-17-8-9-18-10-11-19-13(12-14)2-4-16-5-3-13/h2-12H2,1H3. The Kier molecular flexibility index (Phi) is 10.4. The predicted octanol–water partition coefficient (Wildman–Crippen LogP) is 1.67. The summed E-state index contributed by atoms with van der Waals surface area (Å²) in [5, 5.41) is 0. The molecule has 5 nitrogen and oxygen atoms in total. The number of methoxy groups -OCH3 is 1. The van der Waals surface area contributed by atoms with Gasteiger partial charge >= 0.3 is 0 Å². The Morgan fingerprint density at radius 1 is 0.947 bits per heavy atom. The fourth-order valence-corrected chi connectivity index (χ4v) is 2.82. The van der Waals surface area contributed by atoms with Crippen molar-refractivity contribution in [1.29, 1.82) is 0 Å². The van der Waals surface area contributed by atoms with Gasteiger partial charge in [0.15, 0.2) is 0 Å². The molecule has 0 bridgehead atoms. The molecule has 1 heterocycles. The largest absolute Gasteiger partial charge is 0.382 e. The van der Waals surface area contributed by atoms with Crippen LogP contribution in [0.2, 0.25) is 0 Å². The summed E-state index contributed by atoms with van der Waals surface area (Å²) in [6.07, 6.45) is 1.96. The van der Waals surface area contributed by atoms with Gasteiger partial charge < -0.3 is 23.7 Å². The average molecular weight is 388 g/mol. The Hall–Kier alpha value is 0.530. The normalized spacial score (nSPS) is 18.6. The summed E-state index contributed by atoms with van der Waals surface area (Å²) < 4.78 is 28.0. The van der Waals surface area contributed by atoms with E-state index in [1.54, 1.807) is 7.11 Å². The molecule has 1 rings (SSSR count). The molecule has 0 aliphatic carbocycles. The Bertz CT molecular complexity index is 209. The molecular formula is C13H25IO5. The molecule has 0 aromatic heterocycles. The van der Waals surface area contributed by atoms with Crippen LogP contribution in [0.4, 0.5) is 0 Å². The van der Waals surface area contributed by atoms with Gasteiger partial charge in [-0.05, 0) is 0 Å². The molecule has 0 radical (unpaired) electrons. The molecule has 1 aliphatic heterocycles. The molecule has 0 atom stereocenters. The zero-order chi connectivity index (χ0) is 13.8. The summed E-state index contributed by atoms with van der Waals surface area (Å²) in [5.41, 5.74) is -0.00284. The molecule has 114 valence electrons. The molecule has 0 aromatic rings. The number of hydrogen-bond donors (Lipinski definition) is 0. The lowest BCUT2D eigenvalue weighted by Gasteiger charge is -2.35. The van der Waals surface area contributed by atoms with Crippen LogP contribution in [0.25, 0.3) is 0 Å². The van der Waals surface area contributed by atoms with Gasteiger partial charge in [0.05, 0.1) is 45.2 Å². The number of ether oxygens (including phenoxy) is 5. The van der Waals surface area contributed by atoms with Gasteiger partial charge in [-0.25, -0.2) is 0 Å². The van der Waals surface area contributed by atoms with Crippen LogP contribution in [-0.2, 0) is 23.7 Å². The second kappa shape index (κ2) is 11.2. The van der Waals surface area contributed by atoms with Crippen LogP contribution in [0.15, 0.2) is 0 Å². The van der Waals surface area contributed by atoms with Crippen molar-refractivity contribution in [3.8, 4) is 0 Å². The molecule has 1 saturated heterocycles. The van der Waals surface area contributed by atoms with E-state index in [9.17, 15) is 0 Å². The topological polar surface area (TPSA) is 46.2 Å². The lowest BCUT2D eigenvalue weighted by Crippen LogP contribution is -2.41. The Labute approximate surface area is 129 Å². The number of hydrogen-bond acceptors (Lipinski definition) is 5. The third-order valence-corrected chi connectivity index (χ3v) is 4.48. The minimum Gasteiger partial charge on any atom is -0.382 e. The van der Waals surface area contributed by atoms with Gasteiger partial charge in [0, 0.05) is 37.6 Å². The molecule has 1 fully saturated rings. The molecular weight excluding hydrogens is 363 g/mol. The zero-order valence-corrected chi connectivity index (χ0v) is 13.9. The van der Waals surface area contributed by atoms with Gasteiger partial charge in [-0.15, -0.1) is 0 Å². The summed E-state index contributed by atoms with van der Waals surface area (Å²) >= 11 is 2.39. The molecule has 0 unspecified atom stereocenters. The highest BCUT2D eigenvalue weighted by molar-refractivity contribution is 14.1. The van der Waals surface area contributed by atoms with Crippen LogP contribution in [0, 0.1) is 0 Å². The second-order valence-electron chi connectivity index (χ2n) is 4.50. The van der Waals surface area contributed by atoms with Crippen molar-refractivity contribution >= 4 is 22.6 Å². The molecule has 0 amide bonds. The van der Waals surface area contributed by atoms with E-state index in [0.717, 1.165) is 30.5 Å². The van der Waals surface area contributed by atoms with Gasteiger partial charge in [0.1, 0.15) is 0 Å². The first-order valence-electron chi connectivity index (χ1n) is 6.75. The van der Waals surface area contributed by atoms with Crippen LogP contribution >= 0.6 is 22.6 Å². The first-order valence-corrected chi connectivity index (χ1v) is 8.28. The number of rotatable bonds is 11. The Morgan fingerprint density at radius 2 is 1.53 bits per heavy atom. The predicted molar refractivity (Wildman–Crippen MR) is 81.1 cm³/mol.